The molecule has 1 saturated carbocycles. The van der Waals surface area contributed by atoms with E-state index in [1.165, 1.54) is 44.9 Å². The molecule has 0 bridgehead atoms. The molecule has 1 rings (SSSR count). The number of ketones is 1. The van der Waals surface area contributed by atoms with E-state index in [2.05, 4.69) is 6.92 Å². The second-order valence-electron chi connectivity index (χ2n) is 3.90. The molecule has 0 unspecified atom stereocenters. The monoisotopic (exact) mass is 168 g/mol. The molecule has 0 aromatic carbocycles. The van der Waals surface area contributed by atoms with E-state index in [0.717, 1.165) is 6.42 Å². The Hall–Kier alpha value is -0.330. The van der Waals surface area contributed by atoms with Crippen molar-refractivity contribution in [3.63, 3.8) is 0 Å². The van der Waals surface area contributed by atoms with Crippen LogP contribution in [0.4, 0.5) is 0 Å². The molecule has 1 heteroatoms. The SMILES string of the molecule is CCCCCCC[C@@H]1CCC1=O. The van der Waals surface area contributed by atoms with Crippen molar-refractivity contribution in [1.82, 2.24) is 0 Å². The lowest BCUT2D eigenvalue weighted by Gasteiger charge is -2.23. The van der Waals surface area contributed by atoms with E-state index in [9.17, 15) is 4.79 Å². The molecule has 0 saturated heterocycles. The van der Waals surface area contributed by atoms with Crippen molar-refractivity contribution in [1.29, 1.82) is 0 Å². The molecule has 1 fully saturated rings. The Kier molecular flexibility index (Phi) is 4.34. The standard InChI is InChI=1S/C11H20O/c1-2-3-4-5-6-7-10-8-9-11(10)12/h10H,2-9H2,1H3/t10-/m1/s1. The molecule has 0 amide bonds. The van der Waals surface area contributed by atoms with Crippen molar-refractivity contribution in [3.8, 4) is 0 Å². The number of carbonyl (C=O) groups is 1. The Morgan fingerprint density at radius 3 is 2.50 bits per heavy atom. The Bertz CT molecular complexity index is 140. The van der Waals surface area contributed by atoms with Gasteiger partial charge < -0.3 is 0 Å². The van der Waals surface area contributed by atoms with Crippen LogP contribution in [0, 0.1) is 5.92 Å². The first kappa shape index (κ1) is 9.76. The normalized spacial score (nSPS) is 22.4. The number of unbranched alkanes of at least 4 members (excludes halogenated alkanes) is 4. The number of Topliss-reactive ketones (excluding diaryl/α,β-unsaturated/α-hetero) is 1. The molecule has 0 aromatic rings. The van der Waals surface area contributed by atoms with Gasteiger partial charge in [0.1, 0.15) is 5.78 Å². The minimum atomic E-state index is 0.464. The van der Waals surface area contributed by atoms with E-state index >= 15 is 0 Å². The molecule has 0 spiro atoms. The number of hydrogen-bond donors (Lipinski definition) is 0. The van der Waals surface area contributed by atoms with E-state index < -0.39 is 0 Å². The Morgan fingerprint density at radius 1 is 1.25 bits per heavy atom. The summed E-state index contributed by atoms with van der Waals surface area (Å²) in [5.41, 5.74) is 0. The van der Waals surface area contributed by atoms with Gasteiger partial charge in [-0.05, 0) is 12.8 Å². The van der Waals surface area contributed by atoms with Gasteiger partial charge in [0.15, 0.2) is 0 Å². The van der Waals surface area contributed by atoms with Gasteiger partial charge in [0.25, 0.3) is 0 Å². The third-order valence-electron chi connectivity index (χ3n) is 2.85. The van der Waals surface area contributed by atoms with Gasteiger partial charge in [-0.1, -0.05) is 39.0 Å². The van der Waals surface area contributed by atoms with E-state index in [1.54, 1.807) is 0 Å². The predicted octanol–water partition coefficient (Wildman–Crippen LogP) is 3.33. The lowest BCUT2D eigenvalue weighted by atomic mass is 9.80. The van der Waals surface area contributed by atoms with Gasteiger partial charge in [-0.2, -0.15) is 0 Å². The maximum atomic E-state index is 11.0. The molecule has 0 heterocycles. The van der Waals surface area contributed by atoms with Crippen LogP contribution in [0.25, 0.3) is 0 Å². The Balaban J connectivity index is 1.85. The summed E-state index contributed by atoms with van der Waals surface area (Å²) in [4.78, 5) is 11.0. The number of carbonyl (C=O) groups excluding carboxylic acids is 1. The van der Waals surface area contributed by atoms with Gasteiger partial charge in [-0.3, -0.25) is 4.79 Å². The smallest absolute Gasteiger partial charge is 0.136 e. The first-order valence-corrected chi connectivity index (χ1v) is 5.37. The van der Waals surface area contributed by atoms with Gasteiger partial charge in [0, 0.05) is 12.3 Å². The number of rotatable bonds is 6. The summed E-state index contributed by atoms with van der Waals surface area (Å²) in [6.07, 6.45) is 9.83. The molecule has 12 heavy (non-hydrogen) atoms. The summed E-state index contributed by atoms with van der Waals surface area (Å²) < 4.78 is 0. The molecule has 0 radical (unpaired) electrons. The highest BCUT2D eigenvalue weighted by Crippen LogP contribution is 2.27. The van der Waals surface area contributed by atoms with E-state index in [-0.39, 0.29) is 0 Å². The van der Waals surface area contributed by atoms with Crippen molar-refractivity contribution in [2.24, 2.45) is 5.92 Å². The summed E-state index contributed by atoms with van der Waals surface area (Å²) >= 11 is 0. The van der Waals surface area contributed by atoms with Crippen molar-refractivity contribution in [2.45, 2.75) is 58.3 Å². The van der Waals surface area contributed by atoms with E-state index in [1.807, 2.05) is 0 Å². The lowest BCUT2D eigenvalue weighted by Crippen LogP contribution is -2.25. The molecule has 1 aliphatic carbocycles. The molecule has 0 N–H and O–H groups in total. The second kappa shape index (κ2) is 5.34. The maximum Gasteiger partial charge on any atom is 0.136 e. The quantitative estimate of drug-likeness (QED) is 0.556. The van der Waals surface area contributed by atoms with Gasteiger partial charge in [-0.25, -0.2) is 0 Å². The summed E-state index contributed by atoms with van der Waals surface area (Å²) in [7, 11) is 0. The molecular weight excluding hydrogens is 148 g/mol. The number of hydrogen-bond acceptors (Lipinski definition) is 1. The van der Waals surface area contributed by atoms with E-state index in [0.29, 0.717) is 11.7 Å². The van der Waals surface area contributed by atoms with Gasteiger partial charge >= 0.3 is 0 Å². The summed E-state index contributed by atoms with van der Waals surface area (Å²) in [6, 6.07) is 0. The molecule has 70 valence electrons. The van der Waals surface area contributed by atoms with Crippen molar-refractivity contribution in [2.75, 3.05) is 0 Å². The summed E-state index contributed by atoms with van der Waals surface area (Å²) in [5, 5.41) is 0. The zero-order chi connectivity index (χ0) is 8.81. The molecule has 1 atom stereocenters. The fourth-order valence-electron chi connectivity index (χ4n) is 1.77. The van der Waals surface area contributed by atoms with Crippen molar-refractivity contribution < 1.29 is 4.79 Å². The fourth-order valence-corrected chi connectivity index (χ4v) is 1.77. The maximum absolute atomic E-state index is 11.0. The molecular formula is C11H20O. The van der Waals surface area contributed by atoms with E-state index in [4.69, 9.17) is 0 Å². The highest BCUT2D eigenvalue weighted by atomic mass is 16.1. The Morgan fingerprint density at radius 2 is 2.00 bits per heavy atom. The van der Waals surface area contributed by atoms with Crippen molar-refractivity contribution in [3.05, 3.63) is 0 Å². The van der Waals surface area contributed by atoms with Crippen LogP contribution in [0.15, 0.2) is 0 Å². The molecule has 1 nitrogen and oxygen atoms in total. The third kappa shape index (κ3) is 2.96. The van der Waals surface area contributed by atoms with Crippen LogP contribution < -0.4 is 0 Å². The van der Waals surface area contributed by atoms with Gasteiger partial charge in [0.2, 0.25) is 0 Å². The highest BCUT2D eigenvalue weighted by Gasteiger charge is 2.26. The highest BCUT2D eigenvalue weighted by molar-refractivity contribution is 5.86. The first-order chi connectivity index (χ1) is 5.84. The summed E-state index contributed by atoms with van der Waals surface area (Å²) in [6.45, 7) is 2.23. The largest absolute Gasteiger partial charge is 0.299 e. The van der Waals surface area contributed by atoms with Crippen LogP contribution in [0.5, 0.6) is 0 Å². The topological polar surface area (TPSA) is 17.1 Å². The first-order valence-electron chi connectivity index (χ1n) is 5.37. The van der Waals surface area contributed by atoms with Gasteiger partial charge in [0.05, 0.1) is 0 Å². The van der Waals surface area contributed by atoms with Crippen LogP contribution in [0.1, 0.15) is 58.3 Å². The molecule has 0 aromatic heterocycles. The molecule has 0 aliphatic heterocycles. The Labute approximate surface area is 75.5 Å². The van der Waals surface area contributed by atoms with Crippen LogP contribution in [-0.4, -0.2) is 5.78 Å². The lowest BCUT2D eigenvalue weighted by molar-refractivity contribution is -0.129. The van der Waals surface area contributed by atoms with Crippen LogP contribution in [-0.2, 0) is 4.79 Å². The third-order valence-corrected chi connectivity index (χ3v) is 2.85. The fraction of sp³-hybridized carbons (Fsp3) is 0.909. The van der Waals surface area contributed by atoms with Crippen LogP contribution >= 0.6 is 0 Å². The average molecular weight is 168 g/mol. The predicted molar refractivity (Wildman–Crippen MR) is 51.1 cm³/mol. The van der Waals surface area contributed by atoms with Gasteiger partial charge in [-0.15, -0.1) is 0 Å². The minimum absolute atomic E-state index is 0.464. The minimum Gasteiger partial charge on any atom is -0.299 e. The summed E-state index contributed by atoms with van der Waals surface area (Å²) in [5.74, 6) is 0.983. The van der Waals surface area contributed by atoms with Crippen molar-refractivity contribution >= 4 is 5.78 Å². The molecule has 1 aliphatic rings. The zero-order valence-electron chi connectivity index (χ0n) is 8.14. The second-order valence-corrected chi connectivity index (χ2v) is 3.90. The van der Waals surface area contributed by atoms with Crippen LogP contribution in [0.3, 0.4) is 0 Å². The zero-order valence-corrected chi connectivity index (χ0v) is 8.14. The average Bonchev–Trinajstić information content (AvgIpc) is 2.08. The van der Waals surface area contributed by atoms with Crippen LogP contribution in [0.2, 0.25) is 0 Å².